The van der Waals surface area contributed by atoms with Crippen molar-refractivity contribution in [2.75, 3.05) is 32.2 Å². The van der Waals surface area contributed by atoms with Crippen LogP contribution in [0.1, 0.15) is 32.3 Å². The number of carbonyl (C=O) groups is 3. The average molecular weight is 528 g/mol. The zero-order valence-corrected chi connectivity index (χ0v) is 21.0. The number of nitrogens with two attached hydrogens (primary N) is 1. The van der Waals surface area contributed by atoms with Crippen LogP contribution in [0, 0.1) is 5.92 Å². The summed E-state index contributed by atoms with van der Waals surface area (Å²) in [4.78, 5) is 36.5. The highest BCUT2D eigenvalue weighted by molar-refractivity contribution is 9.09. The van der Waals surface area contributed by atoms with Crippen molar-refractivity contribution in [2.24, 2.45) is 11.7 Å². The van der Waals surface area contributed by atoms with Gasteiger partial charge in [-0.1, -0.05) is 35.5 Å². The Morgan fingerprint density at radius 2 is 2.00 bits per heavy atom. The summed E-state index contributed by atoms with van der Waals surface area (Å²) in [5.74, 6) is -0.109. The monoisotopic (exact) mass is 527 g/mol. The van der Waals surface area contributed by atoms with Gasteiger partial charge in [0.1, 0.15) is 24.1 Å². The minimum Gasteiger partial charge on any atom is -0.497 e. The summed E-state index contributed by atoms with van der Waals surface area (Å²) in [6.45, 7) is 7.98. The maximum atomic E-state index is 12.6. The smallest absolute Gasteiger partial charge is 0.325 e. The van der Waals surface area contributed by atoms with Crippen molar-refractivity contribution in [3.8, 4) is 11.5 Å². The largest absolute Gasteiger partial charge is 0.497 e. The Morgan fingerprint density at radius 3 is 2.61 bits per heavy atom. The first-order chi connectivity index (χ1) is 15.7. The van der Waals surface area contributed by atoms with Crippen LogP contribution in [-0.2, 0) is 25.7 Å². The molecular weight excluding hydrogens is 494 g/mol. The number of methoxy groups -OCH3 is 1. The summed E-state index contributed by atoms with van der Waals surface area (Å²) >= 11 is 3.18. The summed E-state index contributed by atoms with van der Waals surface area (Å²) in [6, 6.07) is 4.62. The molecule has 0 bridgehead atoms. The quantitative estimate of drug-likeness (QED) is 0.181. The number of carbonyl (C=O) groups excluding carboxylic acids is 3. The van der Waals surface area contributed by atoms with Gasteiger partial charge in [-0.3, -0.25) is 14.4 Å². The van der Waals surface area contributed by atoms with Crippen molar-refractivity contribution >= 4 is 33.7 Å². The predicted octanol–water partition coefficient (Wildman–Crippen LogP) is 2.06. The molecule has 0 aromatic heterocycles. The second kappa shape index (κ2) is 15.3. The van der Waals surface area contributed by atoms with Crippen molar-refractivity contribution in [1.29, 1.82) is 0 Å². The fraction of sp³-hybridized carbons (Fsp3) is 0.522. The molecule has 10 heteroatoms. The van der Waals surface area contributed by atoms with Crippen LogP contribution in [0.25, 0.3) is 0 Å². The van der Waals surface area contributed by atoms with Crippen LogP contribution >= 0.6 is 15.9 Å². The molecule has 184 valence electrons. The summed E-state index contributed by atoms with van der Waals surface area (Å²) in [5.41, 5.74) is 6.93. The molecule has 2 unspecified atom stereocenters. The van der Waals surface area contributed by atoms with Gasteiger partial charge in [-0.2, -0.15) is 0 Å². The molecule has 1 rings (SSSR count). The second-order valence-corrected chi connectivity index (χ2v) is 8.00. The van der Waals surface area contributed by atoms with E-state index in [1.54, 1.807) is 20.1 Å². The first-order valence-corrected chi connectivity index (χ1v) is 11.8. The molecule has 33 heavy (non-hydrogen) atoms. The molecule has 1 aromatic carbocycles. The molecule has 2 amide bonds. The molecule has 0 saturated heterocycles. The first-order valence-electron chi connectivity index (χ1n) is 10.7. The van der Waals surface area contributed by atoms with Crippen molar-refractivity contribution < 1.29 is 28.6 Å². The highest BCUT2D eigenvalue weighted by atomic mass is 79.9. The van der Waals surface area contributed by atoms with E-state index in [4.69, 9.17) is 19.9 Å². The Kier molecular flexibility index (Phi) is 13.2. The van der Waals surface area contributed by atoms with Crippen LogP contribution in [0.2, 0.25) is 0 Å². The standard InChI is InChI=1S/C23H34BrN3O6/c1-5-32-21(28)14-26-23(30)19(27-22(29)16(3)12-24)10-15(2)8-9-33-20-11-18(31-4)7-6-17(20)13-25/h6-7,11,15,19H,3,5,8-10,12-14,25H2,1-2,4H3,(H,26,30)(H,27,29). The van der Waals surface area contributed by atoms with Gasteiger partial charge in [0, 0.05) is 29.1 Å². The van der Waals surface area contributed by atoms with Crippen LogP contribution in [-0.4, -0.2) is 56.0 Å². The van der Waals surface area contributed by atoms with E-state index in [1.807, 2.05) is 19.1 Å². The van der Waals surface area contributed by atoms with Gasteiger partial charge in [0.25, 0.3) is 0 Å². The molecular formula is C23H34BrN3O6. The molecule has 0 aliphatic heterocycles. The van der Waals surface area contributed by atoms with Crippen LogP contribution in [0.5, 0.6) is 11.5 Å². The molecule has 0 radical (unpaired) electrons. The number of ether oxygens (including phenoxy) is 3. The van der Waals surface area contributed by atoms with Gasteiger partial charge in [0.2, 0.25) is 11.8 Å². The van der Waals surface area contributed by atoms with Gasteiger partial charge in [-0.05, 0) is 31.7 Å². The normalized spacial score (nSPS) is 12.3. The molecule has 2 atom stereocenters. The molecule has 0 aliphatic rings. The fourth-order valence-electron chi connectivity index (χ4n) is 2.90. The molecule has 4 N–H and O–H groups in total. The Balaban J connectivity index is 2.73. The summed E-state index contributed by atoms with van der Waals surface area (Å²) in [7, 11) is 1.58. The van der Waals surface area contributed by atoms with E-state index in [-0.39, 0.29) is 24.4 Å². The number of esters is 1. The average Bonchev–Trinajstić information content (AvgIpc) is 2.81. The zero-order chi connectivity index (χ0) is 24.8. The van der Waals surface area contributed by atoms with E-state index in [1.165, 1.54) is 0 Å². The molecule has 0 spiro atoms. The van der Waals surface area contributed by atoms with Crippen LogP contribution in [0.15, 0.2) is 30.4 Å². The predicted molar refractivity (Wildman–Crippen MR) is 129 cm³/mol. The lowest BCUT2D eigenvalue weighted by Gasteiger charge is -2.22. The number of benzene rings is 1. The summed E-state index contributed by atoms with van der Waals surface area (Å²) < 4.78 is 16.0. The molecule has 0 aliphatic carbocycles. The third kappa shape index (κ3) is 10.3. The fourth-order valence-corrected chi connectivity index (χ4v) is 3.16. The Morgan fingerprint density at radius 1 is 1.27 bits per heavy atom. The Bertz CT molecular complexity index is 817. The van der Waals surface area contributed by atoms with Crippen molar-refractivity contribution in [2.45, 2.75) is 39.3 Å². The van der Waals surface area contributed by atoms with Crippen molar-refractivity contribution in [1.82, 2.24) is 10.6 Å². The first kappa shape index (κ1) is 28.4. The topological polar surface area (TPSA) is 129 Å². The van der Waals surface area contributed by atoms with E-state index >= 15 is 0 Å². The van der Waals surface area contributed by atoms with E-state index in [0.29, 0.717) is 43.1 Å². The minimum absolute atomic E-state index is 0.0211. The van der Waals surface area contributed by atoms with E-state index in [2.05, 4.69) is 33.1 Å². The number of nitrogens with one attached hydrogen (secondary N) is 2. The summed E-state index contributed by atoms with van der Waals surface area (Å²) in [6.07, 6.45) is 0.972. The minimum atomic E-state index is -0.839. The van der Waals surface area contributed by atoms with Gasteiger partial charge in [0.05, 0.1) is 20.3 Å². The third-order valence-corrected chi connectivity index (χ3v) is 5.49. The number of halogens is 1. The Labute approximate surface area is 203 Å². The maximum Gasteiger partial charge on any atom is 0.325 e. The van der Waals surface area contributed by atoms with E-state index in [0.717, 1.165) is 5.56 Å². The highest BCUT2D eigenvalue weighted by Gasteiger charge is 2.24. The molecule has 0 saturated carbocycles. The second-order valence-electron chi connectivity index (χ2n) is 7.44. The van der Waals surface area contributed by atoms with Crippen molar-refractivity contribution in [3.63, 3.8) is 0 Å². The van der Waals surface area contributed by atoms with Gasteiger partial charge in [-0.25, -0.2) is 0 Å². The molecule has 0 heterocycles. The van der Waals surface area contributed by atoms with Gasteiger partial charge < -0.3 is 30.6 Å². The van der Waals surface area contributed by atoms with Gasteiger partial charge in [-0.15, -0.1) is 0 Å². The molecule has 0 fully saturated rings. The van der Waals surface area contributed by atoms with Crippen LogP contribution in [0.3, 0.4) is 0 Å². The number of hydrogen-bond donors (Lipinski definition) is 3. The SMILES string of the molecule is C=C(CBr)C(=O)NC(CC(C)CCOc1cc(OC)ccc1CN)C(=O)NCC(=O)OCC. The third-order valence-electron chi connectivity index (χ3n) is 4.82. The van der Waals surface area contributed by atoms with Crippen LogP contribution in [0.4, 0.5) is 0 Å². The lowest BCUT2D eigenvalue weighted by Crippen LogP contribution is -2.49. The van der Waals surface area contributed by atoms with E-state index < -0.39 is 23.8 Å². The number of rotatable bonds is 15. The number of amides is 2. The summed E-state index contributed by atoms with van der Waals surface area (Å²) in [5, 5.41) is 5.49. The zero-order valence-electron chi connectivity index (χ0n) is 19.4. The van der Waals surface area contributed by atoms with E-state index in [9.17, 15) is 14.4 Å². The van der Waals surface area contributed by atoms with Gasteiger partial charge >= 0.3 is 5.97 Å². The lowest BCUT2D eigenvalue weighted by atomic mass is 9.98. The Hall–Kier alpha value is -2.59. The number of alkyl halides is 1. The van der Waals surface area contributed by atoms with Crippen LogP contribution < -0.4 is 25.8 Å². The van der Waals surface area contributed by atoms with Crippen molar-refractivity contribution in [3.05, 3.63) is 35.9 Å². The number of hydrogen-bond acceptors (Lipinski definition) is 7. The molecule has 9 nitrogen and oxygen atoms in total. The lowest BCUT2D eigenvalue weighted by molar-refractivity contribution is -0.143. The maximum absolute atomic E-state index is 12.6. The molecule has 1 aromatic rings. The van der Waals surface area contributed by atoms with Gasteiger partial charge in [0.15, 0.2) is 0 Å². The highest BCUT2D eigenvalue weighted by Crippen LogP contribution is 2.25.